The maximum atomic E-state index is 9.76. The van der Waals surface area contributed by atoms with Gasteiger partial charge in [-0.05, 0) is 12.8 Å². The molecular weight excluding hydrogens is 340 g/mol. The van der Waals surface area contributed by atoms with Crippen LogP contribution in [0.15, 0.2) is 0 Å². The fourth-order valence-electron chi connectivity index (χ4n) is 0.330. The van der Waals surface area contributed by atoms with Crippen LogP contribution in [0, 0.1) is 5.92 Å². The molecule has 130 valence electrons. The summed E-state index contributed by atoms with van der Waals surface area (Å²) in [5.74, 6) is -0.611. The topological polar surface area (TPSA) is 37.3 Å². The van der Waals surface area contributed by atoms with Crippen molar-refractivity contribution >= 4 is 27.7 Å². The highest BCUT2D eigenvalue weighted by Crippen LogP contribution is 2.28. The number of carboxylic acid groups (broad SMARTS) is 1. The number of hydrogen-bond donors (Lipinski definition) is 1. The summed E-state index contributed by atoms with van der Waals surface area (Å²) in [5.41, 5.74) is 0. The Balaban J connectivity index is -0.000000207. The summed E-state index contributed by atoms with van der Waals surface area (Å²) in [5, 5.41) is 8.05. The first-order chi connectivity index (χ1) is 8.80. The van der Waals surface area contributed by atoms with Crippen LogP contribution in [0.1, 0.15) is 12.8 Å². The molecule has 0 unspecified atom stereocenters. The monoisotopic (exact) mass is 347 g/mol. The minimum absolute atomic E-state index is 0.0185. The smallest absolute Gasteiger partial charge is 0.481 e. The van der Waals surface area contributed by atoms with Crippen LogP contribution < -0.4 is 0 Å². The van der Waals surface area contributed by atoms with Crippen LogP contribution in [0.2, 0.25) is 0 Å². The zero-order valence-electron chi connectivity index (χ0n) is 9.61. The number of halogens is 12. The van der Waals surface area contributed by atoms with Crippen molar-refractivity contribution in [3.63, 3.8) is 0 Å². The van der Waals surface area contributed by atoms with Crippen molar-refractivity contribution in [2.24, 2.45) is 5.92 Å². The number of hydrogen-bond acceptors (Lipinski definition) is 1. The molecule has 0 spiro atoms. The predicted molar refractivity (Wildman–Crippen MR) is 50.9 cm³/mol. The van der Waals surface area contributed by atoms with Crippen molar-refractivity contribution in [3.8, 4) is 0 Å². The van der Waals surface area contributed by atoms with Gasteiger partial charge in [-0.15, -0.1) is 0 Å². The Morgan fingerprint density at radius 2 is 0.810 bits per heavy atom. The molecule has 0 aliphatic heterocycles. The van der Waals surface area contributed by atoms with Gasteiger partial charge < -0.3 is 56.9 Å². The molecule has 0 aromatic heterocycles. The summed E-state index contributed by atoms with van der Waals surface area (Å²) < 4.78 is 117. The number of rotatable bonds is 1. The average Bonchev–Trinajstić information content (AvgIpc) is 2.71. The van der Waals surface area contributed by atoms with E-state index in [-0.39, 0.29) is 5.92 Å². The summed E-state index contributed by atoms with van der Waals surface area (Å²) in [6.45, 7) is 0. The highest BCUT2D eigenvalue weighted by Gasteiger charge is 2.28. The first-order valence-electron chi connectivity index (χ1n) is 4.65. The lowest BCUT2D eigenvalue weighted by atomic mass is 10.3. The van der Waals surface area contributed by atoms with Gasteiger partial charge in [0.15, 0.2) is 0 Å². The SMILES string of the molecule is F[B-](F)(F)F.F[B-](F)(F)F.F[B-](F)(F)F.O=C(O)C1CC1. The summed E-state index contributed by atoms with van der Waals surface area (Å²) in [6.07, 6.45) is 1.80. The molecule has 0 aromatic carbocycles. The number of aliphatic carboxylic acids is 1. The first-order valence-corrected chi connectivity index (χ1v) is 4.65. The highest BCUT2D eigenvalue weighted by molar-refractivity contribution is 6.50. The van der Waals surface area contributed by atoms with Gasteiger partial charge in [-0.3, -0.25) is 4.79 Å². The molecule has 0 radical (unpaired) electrons. The molecule has 17 heteroatoms. The molecule has 1 rings (SSSR count). The van der Waals surface area contributed by atoms with Crippen LogP contribution in [-0.4, -0.2) is 32.8 Å². The van der Waals surface area contributed by atoms with E-state index in [1.807, 2.05) is 0 Å². The van der Waals surface area contributed by atoms with Crippen molar-refractivity contribution in [3.05, 3.63) is 0 Å². The van der Waals surface area contributed by atoms with Gasteiger partial charge in [-0.2, -0.15) is 0 Å². The first kappa shape index (κ1) is 24.8. The van der Waals surface area contributed by atoms with Gasteiger partial charge in [0, 0.05) is 0 Å². The maximum absolute atomic E-state index is 9.76. The Morgan fingerprint density at radius 3 is 0.810 bits per heavy atom. The Kier molecular flexibility index (Phi) is 11.5. The van der Waals surface area contributed by atoms with E-state index in [0.29, 0.717) is 0 Å². The zero-order chi connectivity index (χ0) is 18.1. The second-order valence-electron chi connectivity index (χ2n) is 3.10. The molecule has 2 nitrogen and oxygen atoms in total. The minimum Gasteiger partial charge on any atom is -0.481 e. The molecular formula is C4H6B3F12O2-3. The van der Waals surface area contributed by atoms with Crippen LogP contribution >= 0.6 is 0 Å². The van der Waals surface area contributed by atoms with E-state index in [1.165, 1.54) is 0 Å². The highest BCUT2D eigenvalue weighted by atomic mass is 19.5. The third-order valence-corrected chi connectivity index (χ3v) is 0.927. The fourth-order valence-corrected chi connectivity index (χ4v) is 0.330. The van der Waals surface area contributed by atoms with E-state index in [0.717, 1.165) is 12.8 Å². The third kappa shape index (κ3) is 157. The zero-order valence-corrected chi connectivity index (χ0v) is 9.61. The quantitative estimate of drug-likeness (QED) is 0.565. The van der Waals surface area contributed by atoms with Crippen LogP contribution in [0.3, 0.4) is 0 Å². The van der Waals surface area contributed by atoms with Crippen LogP contribution in [0.25, 0.3) is 0 Å². The van der Waals surface area contributed by atoms with Crippen LogP contribution in [0.5, 0.6) is 0 Å². The summed E-state index contributed by atoms with van der Waals surface area (Å²) in [6, 6.07) is 0. The second kappa shape index (κ2) is 9.71. The molecule has 0 amide bonds. The fraction of sp³-hybridized carbons (Fsp3) is 0.750. The Bertz CT molecular complexity index is 233. The Labute approximate surface area is 109 Å². The average molecular weight is 347 g/mol. The summed E-state index contributed by atoms with van der Waals surface area (Å²) in [4.78, 5) is 9.76. The van der Waals surface area contributed by atoms with Crippen molar-refractivity contribution in [1.29, 1.82) is 0 Å². The van der Waals surface area contributed by atoms with Crippen LogP contribution in [-0.2, 0) is 4.79 Å². The normalized spacial score (nSPS) is 14.5. The van der Waals surface area contributed by atoms with E-state index in [1.54, 1.807) is 0 Å². The Morgan fingerprint density at radius 1 is 0.667 bits per heavy atom. The van der Waals surface area contributed by atoms with Gasteiger partial charge in [0.05, 0.1) is 5.92 Å². The van der Waals surface area contributed by atoms with Crippen LogP contribution in [0.4, 0.5) is 51.8 Å². The van der Waals surface area contributed by atoms with Gasteiger partial charge in [0.1, 0.15) is 0 Å². The van der Waals surface area contributed by atoms with Crippen molar-refractivity contribution in [2.75, 3.05) is 0 Å². The van der Waals surface area contributed by atoms with Crippen molar-refractivity contribution in [1.82, 2.24) is 0 Å². The number of carboxylic acids is 1. The van der Waals surface area contributed by atoms with Gasteiger partial charge in [0.2, 0.25) is 0 Å². The molecule has 1 aliphatic carbocycles. The molecule has 0 atom stereocenters. The molecule has 0 heterocycles. The second-order valence-corrected chi connectivity index (χ2v) is 3.10. The van der Waals surface area contributed by atoms with Crippen molar-refractivity contribution in [2.45, 2.75) is 12.8 Å². The lowest BCUT2D eigenvalue weighted by molar-refractivity contribution is -0.138. The van der Waals surface area contributed by atoms with Crippen molar-refractivity contribution < 1.29 is 61.7 Å². The van der Waals surface area contributed by atoms with Gasteiger partial charge in [0.25, 0.3) is 0 Å². The molecule has 1 saturated carbocycles. The molecule has 1 aliphatic rings. The van der Waals surface area contributed by atoms with E-state index < -0.39 is 27.7 Å². The lowest BCUT2D eigenvalue weighted by Gasteiger charge is -1.94. The van der Waals surface area contributed by atoms with E-state index in [2.05, 4.69) is 0 Å². The van der Waals surface area contributed by atoms with Gasteiger partial charge >= 0.3 is 27.7 Å². The van der Waals surface area contributed by atoms with Gasteiger partial charge in [-0.25, -0.2) is 0 Å². The maximum Gasteiger partial charge on any atom is 0.673 e. The Hall–Kier alpha value is -1.18. The largest absolute Gasteiger partial charge is 0.673 e. The molecule has 0 saturated heterocycles. The molecule has 1 N–H and O–H groups in total. The van der Waals surface area contributed by atoms with Gasteiger partial charge in [-0.1, -0.05) is 0 Å². The minimum atomic E-state index is -6.00. The van der Waals surface area contributed by atoms with E-state index in [4.69, 9.17) is 5.11 Å². The lowest BCUT2D eigenvalue weighted by Crippen LogP contribution is -2.02. The van der Waals surface area contributed by atoms with E-state index in [9.17, 15) is 56.6 Å². The summed E-state index contributed by atoms with van der Waals surface area (Å²) in [7, 11) is -18.0. The number of carbonyl (C=O) groups is 1. The predicted octanol–water partition coefficient (Wildman–Crippen LogP) is 4.38. The molecule has 21 heavy (non-hydrogen) atoms. The summed E-state index contributed by atoms with van der Waals surface area (Å²) >= 11 is 0. The molecule has 1 fully saturated rings. The molecule has 0 aromatic rings. The standard InChI is InChI=1S/C4H6O2.3BF4/c5-4(6)3-1-2-3;3*2-1(3,4)5/h3H,1-2H2,(H,5,6);;;/q;3*-1. The third-order valence-electron chi connectivity index (χ3n) is 0.927. The molecule has 0 bridgehead atoms. The van der Waals surface area contributed by atoms with E-state index >= 15 is 0 Å².